The number of rotatable bonds is 9. The van der Waals surface area contributed by atoms with Crippen LogP contribution in [-0.2, 0) is 38.1 Å². The van der Waals surface area contributed by atoms with E-state index in [9.17, 15) is 29.4 Å². The Kier molecular flexibility index (Phi) is 11.6. The molecule has 2 saturated heterocycles. The maximum absolute atomic E-state index is 12.5. The number of hydrogen-bond donors (Lipinski definition) is 2. The number of aliphatic hydroxyl groups is 2. The summed E-state index contributed by atoms with van der Waals surface area (Å²) in [6.07, 6.45) is 16.7. The van der Waals surface area contributed by atoms with E-state index in [2.05, 4.69) is 13.8 Å². The molecule has 12 aliphatic rings. The van der Waals surface area contributed by atoms with Crippen molar-refractivity contribution in [2.24, 2.45) is 57.7 Å². The highest BCUT2D eigenvalue weighted by molar-refractivity contribution is 5.78. The molecule has 12 bridgehead atoms. The first-order chi connectivity index (χ1) is 27.3. The largest absolute Gasteiger partial charge is 0.462 e. The zero-order valence-corrected chi connectivity index (χ0v) is 38.2. The minimum absolute atomic E-state index is 0.0185. The van der Waals surface area contributed by atoms with E-state index in [1.165, 1.54) is 32.1 Å². The van der Waals surface area contributed by atoms with Crippen LogP contribution in [0.15, 0.2) is 0 Å². The van der Waals surface area contributed by atoms with E-state index in [0.717, 1.165) is 69.6 Å². The van der Waals surface area contributed by atoms with Crippen LogP contribution in [0, 0.1) is 57.7 Å². The number of esters is 4. The first-order valence-electron chi connectivity index (χ1n) is 23.6. The molecule has 6 unspecified atom stereocenters. The molecule has 0 aromatic carbocycles. The standard InChI is InChI=1S/C17H28O2.C16H26O4.C16H24O4/c1-5-16(2,3)15(18)19-17(4)13-7-11-6-12(9-13)10-14(17)8-11;1-4-13(2,3)12(17)20-16-7-11-5-14(18,9-16)8-15(19,6-11)10-16;1-4-15(2,3)14(18)20-16-7-10-5-11(8-16)13(17)19-12(6-10)9-16/h11-14H,5-10H2,1-4H3;11,18-19H,4-10H2,1-3H3;10-12H,4-9H2,1-3H3. The van der Waals surface area contributed by atoms with E-state index in [-0.39, 0.29) is 52.8 Å². The van der Waals surface area contributed by atoms with E-state index in [4.69, 9.17) is 18.9 Å². The minimum atomic E-state index is -0.842. The number of hydrogen-bond acceptors (Lipinski definition) is 10. The smallest absolute Gasteiger partial charge is 0.312 e. The maximum atomic E-state index is 12.5. The van der Waals surface area contributed by atoms with Gasteiger partial charge in [0.15, 0.2) is 0 Å². The number of carbonyl (C=O) groups is 4. The molecule has 2 heterocycles. The van der Waals surface area contributed by atoms with Gasteiger partial charge in [-0.3, -0.25) is 19.2 Å². The van der Waals surface area contributed by atoms with Crippen molar-refractivity contribution in [2.75, 3.05) is 0 Å². The second-order valence-electron chi connectivity index (χ2n) is 23.9. The third-order valence-corrected chi connectivity index (χ3v) is 17.7. The average molecular weight is 827 g/mol. The lowest BCUT2D eigenvalue weighted by Gasteiger charge is -2.62. The normalized spacial score (nSPS) is 43.4. The third kappa shape index (κ3) is 8.76. The second-order valence-corrected chi connectivity index (χ2v) is 23.9. The number of ether oxygens (including phenoxy) is 4. The number of fused-ring (bicyclic) bond motifs is 1. The lowest BCUT2D eigenvalue weighted by atomic mass is 9.50. The molecular weight excluding hydrogens is 749 g/mol. The van der Waals surface area contributed by atoms with Crippen LogP contribution in [-0.4, -0.2) is 68.2 Å². The van der Waals surface area contributed by atoms with Crippen LogP contribution in [0.2, 0.25) is 0 Å². The molecule has 12 fully saturated rings. The molecule has 10 aliphatic carbocycles. The summed E-state index contributed by atoms with van der Waals surface area (Å²) in [6.45, 7) is 19.9. The molecule has 0 aromatic heterocycles. The molecule has 59 heavy (non-hydrogen) atoms. The topological polar surface area (TPSA) is 146 Å². The molecule has 334 valence electrons. The van der Waals surface area contributed by atoms with Crippen LogP contribution < -0.4 is 0 Å². The second kappa shape index (κ2) is 15.3. The molecule has 0 radical (unpaired) electrons. The Labute approximate surface area is 354 Å². The van der Waals surface area contributed by atoms with Gasteiger partial charge in [-0.1, -0.05) is 20.8 Å². The Balaban J connectivity index is 0.000000134. The first kappa shape index (κ1) is 44.8. The minimum Gasteiger partial charge on any atom is -0.462 e. The van der Waals surface area contributed by atoms with Gasteiger partial charge < -0.3 is 29.2 Å². The van der Waals surface area contributed by atoms with Gasteiger partial charge in [-0.05, 0) is 174 Å². The summed E-state index contributed by atoms with van der Waals surface area (Å²) in [5.74, 6) is 3.38. The van der Waals surface area contributed by atoms with Crippen LogP contribution in [0.4, 0.5) is 0 Å². The lowest BCUT2D eigenvalue weighted by molar-refractivity contribution is -0.264. The maximum Gasteiger partial charge on any atom is 0.312 e. The fourth-order valence-corrected chi connectivity index (χ4v) is 13.6. The predicted octanol–water partition coefficient (Wildman–Crippen LogP) is 9.19. The van der Waals surface area contributed by atoms with Crippen molar-refractivity contribution in [3.63, 3.8) is 0 Å². The van der Waals surface area contributed by atoms with Crippen LogP contribution in [0.3, 0.4) is 0 Å². The predicted molar refractivity (Wildman–Crippen MR) is 222 cm³/mol. The summed E-state index contributed by atoms with van der Waals surface area (Å²) >= 11 is 0. The van der Waals surface area contributed by atoms with E-state index in [1.807, 2.05) is 55.4 Å². The van der Waals surface area contributed by atoms with Crippen LogP contribution in [0.25, 0.3) is 0 Å². The highest BCUT2D eigenvalue weighted by atomic mass is 16.6. The summed E-state index contributed by atoms with van der Waals surface area (Å²) in [6, 6.07) is 0. The number of carbonyl (C=O) groups excluding carboxylic acids is 4. The molecule has 0 spiro atoms. The van der Waals surface area contributed by atoms with Crippen LogP contribution >= 0.6 is 0 Å². The van der Waals surface area contributed by atoms with Crippen LogP contribution in [0.5, 0.6) is 0 Å². The van der Waals surface area contributed by atoms with Gasteiger partial charge in [-0.15, -0.1) is 0 Å². The Hall–Kier alpha value is -2.20. The van der Waals surface area contributed by atoms with Crippen molar-refractivity contribution in [3.8, 4) is 0 Å². The quantitative estimate of drug-likeness (QED) is 0.171. The summed E-state index contributed by atoms with van der Waals surface area (Å²) in [5, 5.41) is 21.3. The molecule has 10 nitrogen and oxygen atoms in total. The van der Waals surface area contributed by atoms with E-state index >= 15 is 0 Å². The molecule has 2 aliphatic heterocycles. The molecule has 12 rings (SSSR count). The lowest BCUT2D eigenvalue weighted by Crippen LogP contribution is -2.67. The monoisotopic (exact) mass is 827 g/mol. The molecule has 6 atom stereocenters. The van der Waals surface area contributed by atoms with Crippen molar-refractivity contribution in [1.29, 1.82) is 0 Å². The van der Waals surface area contributed by atoms with Crippen molar-refractivity contribution >= 4 is 23.9 Å². The van der Waals surface area contributed by atoms with Gasteiger partial charge >= 0.3 is 23.9 Å². The van der Waals surface area contributed by atoms with Gasteiger partial charge in [0.25, 0.3) is 0 Å². The van der Waals surface area contributed by atoms with E-state index < -0.39 is 33.2 Å². The summed E-state index contributed by atoms with van der Waals surface area (Å²) in [5.41, 5.74) is -4.25. The molecular formula is C49H78O10. The highest BCUT2D eigenvalue weighted by Crippen LogP contribution is 2.62. The van der Waals surface area contributed by atoms with Crippen LogP contribution in [0.1, 0.15) is 191 Å². The van der Waals surface area contributed by atoms with Crippen molar-refractivity contribution in [1.82, 2.24) is 0 Å². The Morgan fingerprint density at radius 1 is 0.576 bits per heavy atom. The summed E-state index contributed by atoms with van der Waals surface area (Å²) < 4.78 is 23.5. The highest BCUT2D eigenvalue weighted by Gasteiger charge is 2.65. The molecule has 0 aromatic rings. The van der Waals surface area contributed by atoms with Crippen molar-refractivity contribution in [2.45, 2.75) is 225 Å². The van der Waals surface area contributed by atoms with Gasteiger partial charge in [0.05, 0.1) is 33.4 Å². The zero-order valence-electron chi connectivity index (χ0n) is 38.2. The van der Waals surface area contributed by atoms with Gasteiger partial charge in [0, 0.05) is 32.1 Å². The fraction of sp³-hybridized carbons (Fsp3) is 0.918. The molecule has 0 amide bonds. The summed E-state index contributed by atoms with van der Waals surface area (Å²) in [7, 11) is 0. The molecule has 10 heteroatoms. The van der Waals surface area contributed by atoms with E-state index in [0.29, 0.717) is 49.9 Å². The molecule has 10 saturated carbocycles. The Morgan fingerprint density at radius 2 is 1.03 bits per heavy atom. The molecule has 2 N–H and O–H groups in total. The Bertz CT molecular complexity index is 1600. The third-order valence-electron chi connectivity index (χ3n) is 17.7. The zero-order chi connectivity index (χ0) is 43.2. The SMILES string of the molecule is CCC(C)(C)C(=O)OC1(C)C2CC3CC(C2)CC1C3.CCC(C)(C)C(=O)OC12CC3CC(C1)OC(=O)C(C3)C2.CCC(C)(C)C(=O)OC12CC3CC(O)(CC(O)(C3)C1)C2. The van der Waals surface area contributed by atoms with Gasteiger partial charge in [0.2, 0.25) is 0 Å². The van der Waals surface area contributed by atoms with Crippen molar-refractivity contribution in [3.05, 3.63) is 0 Å². The first-order valence-corrected chi connectivity index (χ1v) is 23.6. The van der Waals surface area contributed by atoms with Gasteiger partial charge in [-0.25, -0.2) is 0 Å². The summed E-state index contributed by atoms with van der Waals surface area (Å²) in [4.78, 5) is 49.3. The van der Waals surface area contributed by atoms with Crippen molar-refractivity contribution < 1.29 is 48.3 Å². The van der Waals surface area contributed by atoms with E-state index in [1.54, 1.807) is 0 Å². The average Bonchev–Trinajstić information content (AvgIpc) is 3.28. The van der Waals surface area contributed by atoms with Gasteiger partial charge in [0.1, 0.15) is 22.9 Å². The van der Waals surface area contributed by atoms with Gasteiger partial charge in [-0.2, -0.15) is 0 Å². The Morgan fingerprint density at radius 3 is 1.51 bits per heavy atom. The fourth-order valence-electron chi connectivity index (χ4n) is 13.6.